The molecule has 0 radical (unpaired) electrons. The number of aliphatic hydroxyl groups excluding tert-OH is 1. The average molecular weight is 277 g/mol. The molecule has 0 rings (SSSR count). The Kier molecular flexibility index (Phi) is 8.27. The van der Waals surface area contributed by atoms with Crippen molar-refractivity contribution in [2.45, 2.75) is 31.4 Å². The van der Waals surface area contributed by atoms with Gasteiger partial charge >= 0.3 is 18.0 Å². The molecule has 2 unspecified atom stereocenters. The van der Waals surface area contributed by atoms with Crippen molar-refractivity contribution in [1.29, 1.82) is 0 Å². The number of amides is 1. The number of hydrogen-bond donors (Lipinski definition) is 2. The number of alkyl carbamates (subject to hydrolysis) is 1. The molecule has 8 heteroatoms. The van der Waals surface area contributed by atoms with E-state index < -0.39 is 30.2 Å². The van der Waals surface area contributed by atoms with Gasteiger partial charge in [-0.3, -0.25) is 0 Å². The van der Waals surface area contributed by atoms with Gasteiger partial charge in [-0.2, -0.15) is 0 Å². The van der Waals surface area contributed by atoms with Gasteiger partial charge < -0.3 is 24.6 Å². The Morgan fingerprint density at radius 2 is 1.58 bits per heavy atom. The first-order chi connectivity index (χ1) is 8.96. The third kappa shape index (κ3) is 6.61. The van der Waals surface area contributed by atoms with E-state index in [1.165, 1.54) is 21.3 Å². The molecular weight excluding hydrogens is 258 g/mol. The van der Waals surface area contributed by atoms with E-state index in [9.17, 15) is 19.5 Å². The summed E-state index contributed by atoms with van der Waals surface area (Å²) in [4.78, 5) is 33.4. The smallest absolute Gasteiger partial charge is 0.407 e. The minimum Gasteiger partial charge on any atom is -0.467 e. The maximum atomic E-state index is 11.4. The summed E-state index contributed by atoms with van der Waals surface area (Å²) >= 11 is 0. The van der Waals surface area contributed by atoms with Gasteiger partial charge in [-0.15, -0.1) is 0 Å². The molecular formula is C11H19NO7. The summed E-state index contributed by atoms with van der Waals surface area (Å²) in [6.45, 7) is 0. The van der Waals surface area contributed by atoms with Crippen LogP contribution < -0.4 is 5.32 Å². The largest absolute Gasteiger partial charge is 0.467 e. The predicted molar refractivity (Wildman–Crippen MR) is 63.2 cm³/mol. The minimum absolute atomic E-state index is 0.114. The maximum absolute atomic E-state index is 11.4. The lowest BCUT2D eigenvalue weighted by Gasteiger charge is -2.16. The topological polar surface area (TPSA) is 111 Å². The van der Waals surface area contributed by atoms with Gasteiger partial charge in [0.2, 0.25) is 0 Å². The van der Waals surface area contributed by atoms with E-state index in [4.69, 9.17) is 0 Å². The number of nitrogens with one attached hydrogen (secondary N) is 1. The molecule has 19 heavy (non-hydrogen) atoms. The van der Waals surface area contributed by atoms with E-state index in [1.807, 2.05) is 0 Å². The fourth-order valence-electron chi connectivity index (χ4n) is 1.36. The fraction of sp³-hybridized carbons (Fsp3) is 0.727. The summed E-state index contributed by atoms with van der Waals surface area (Å²) in [5.74, 6) is -1.37. The number of ether oxygens (including phenoxy) is 3. The Hall–Kier alpha value is -1.83. The van der Waals surface area contributed by atoms with Crippen LogP contribution in [0.15, 0.2) is 0 Å². The third-order valence-corrected chi connectivity index (χ3v) is 2.41. The lowest BCUT2D eigenvalue weighted by atomic mass is 10.1. The van der Waals surface area contributed by atoms with E-state index in [0.29, 0.717) is 6.42 Å². The number of aliphatic hydroxyl groups is 1. The van der Waals surface area contributed by atoms with Crippen LogP contribution in [0.5, 0.6) is 0 Å². The first-order valence-corrected chi connectivity index (χ1v) is 5.64. The zero-order valence-electron chi connectivity index (χ0n) is 11.2. The van der Waals surface area contributed by atoms with Crippen molar-refractivity contribution in [3.8, 4) is 0 Å². The Labute approximate surface area is 111 Å². The minimum atomic E-state index is -1.25. The maximum Gasteiger partial charge on any atom is 0.407 e. The average Bonchev–Trinajstić information content (AvgIpc) is 2.43. The molecule has 0 aromatic heterocycles. The molecule has 1 amide bonds. The van der Waals surface area contributed by atoms with Crippen LogP contribution in [-0.4, -0.2) is 56.6 Å². The summed E-state index contributed by atoms with van der Waals surface area (Å²) in [6, 6.07) is -0.887. The van der Waals surface area contributed by atoms with Gasteiger partial charge in [-0.05, 0) is 19.3 Å². The number of carbonyl (C=O) groups excluding carboxylic acids is 3. The van der Waals surface area contributed by atoms with Crippen LogP contribution in [0.3, 0.4) is 0 Å². The number of methoxy groups -OCH3 is 3. The van der Waals surface area contributed by atoms with Crippen LogP contribution >= 0.6 is 0 Å². The molecule has 0 bridgehead atoms. The molecule has 0 aromatic carbocycles. The summed E-state index contributed by atoms with van der Waals surface area (Å²) in [7, 11) is 3.53. The molecule has 110 valence electrons. The molecule has 0 saturated heterocycles. The Morgan fingerprint density at radius 3 is 2.05 bits per heavy atom. The van der Waals surface area contributed by atoms with Gasteiger partial charge in [-0.25, -0.2) is 14.4 Å². The van der Waals surface area contributed by atoms with E-state index in [2.05, 4.69) is 19.5 Å². The molecule has 0 aliphatic carbocycles. The molecule has 8 nitrogen and oxygen atoms in total. The number of rotatable bonds is 7. The first-order valence-electron chi connectivity index (χ1n) is 5.64. The van der Waals surface area contributed by atoms with E-state index in [1.54, 1.807) is 0 Å². The highest BCUT2D eigenvalue weighted by Crippen LogP contribution is 2.07. The zero-order valence-corrected chi connectivity index (χ0v) is 11.2. The van der Waals surface area contributed by atoms with Crippen LogP contribution in [0.2, 0.25) is 0 Å². The van der Waals surface area contributed by atoms with Crippen LogP contribution in [-0.2, 0) is 23.8 Å². The van der Waals surface area contributed by atoms with Gasteiger partial charge in [0.15, 0.2) is 6.10 Å². The summed E-state index contributed by atoms with van der Waals surface area (Å²) in [5, 5.41) is 11.7. The highest BCUT2D eigenvalue weighted by atomic mass is 16.5. The van der Waals surface area contributed by atoms with Crippen LogP contribution in [0, 0.1) is 0 Å². The van der Waals surface area contributed by atoms with Crippen molar-refractivity contribution in [3.63, 3.8) is 0 Å². The second-order valence-corrected chi connectivity index (χ2v) is 3.68. The van der Waals surface area contributed by atoms with Crippen molar-refractivity contribution in [1.82, 2.24) is 5.32 Å². The Morgan fingerprint density at radius 1 is 1.00 bits per heavy atom. The van der Waals surface area contributed by atoms with Crippen molar-refractivity contribution < 1.29 is 33.7 Å². The molecule has 0 aliphatic rings. The summed E-state index contributed by atoms with van der Waals surface area (Å²) in [6.07, 6.45) is -1.37. The van der Waals surface area contributed by atoms with Crippen LogP contribution in [0.25, 0.3) is 0 Å². The molecule has 2 atom stereocenters. The van der Waals surface area contributed by atoms with E-state index >= 15 is 0 Å². The fourth-order valence-corrected chi connectivity index (χ4v) is 1.36. The Bertz CT molecular complexity index is 318. The quantitative estimate of drug-likeness (QED) is 0.480. The van der Waals surface area contributed by atoms with Crippen molar-refractivity contribution in [2.75, 3.05) is 21.3 Å². The van der Waals surface area contributed by atoms with Crippen molar-refractivity contribution >= 4 is 18.0 Å². The second-order valence-electron chi connectivity index (χ2n) is 3.68. The lowest BCUT2D eigenvalue weighted by Crippen LogP contribution is -2.41. The molecule has 0 saturated carbocycles. The summed E-state index contributed by atoms with van der Waals surface area (Å²) in [5.41, 5.74) is 0. The van der Waals surface area contributed by atoms with Gasteiger partial charge in [0, 0.05) is 0 Å². The number of esters is 2. The molecule has 0 fully saturated rings. The molecule has 0 aliphatic heterocycles. The number of carbonyl (C=O) groups is 3. The standard InChI is InChI=1S/C11H19NO7/c1-17-9(14)7(12-11(16)19-3)5-4-6-8(13)10(15)18-2/h7-8,13H,4-6H2,1-3H3,(H,12,16). The third-order valence-electron chi connectivity index (χ3n) is 2.41. The first kappa shape index (κ1) is 17.2. The SMILES string of the molecule is COC(=O)NC(CCCC(O)C(=O)OC)C(=O)OC. The van der Waals surface area contributed by atoms with Crippen LogP contribution in [0.1, 0.15) is 19.3 Å². The highest BCUT2D eigenvalue weighted by molar-refractivity contribution is 5.81. The van der Waals surface area contributed by atoms with E-state index in [0.717, 1.165) is 0 Å². The Balaban J connectivity index is 4.23. The molecule has 0 aromatic rings. The van der Waals surface area contributed by atoms with Crippen molar-refractivity contribution in [2.24, 2.45) is 0 Å². The van der Waals surface area contributed by atoms with Crippen LogP contribution in [0.4, 0.5) is 4.79 Å². The van der Waals surface area contributed by atoms with Gasteiger partial charge in [0.25, 0.3) is 0 Å². The lowest BCUT2D eigenvalue weighted by molar-refractivity contribution is -0.150. The predicted octanol–water partition coefficient (Wildman–Crippen LogP) is -0.412. The van der Waals surface area contributed by atoms with Gasteiger partial charge in [-0.1, -0.05) is 0 Å². The molecule has 0 heterocycles. The van der Waals surface area contributed by atoms with Gasteiger partial charge in [0.1, 0.15) is 6.04 Å². The van der Waals surface area contributed by atoms with Crippen molar-refractivity contribution in [3.05, 3.63) is 0 Å². The molecule has 2 N–H and O–H groups in total. The van der Waals surface area contributed by atoms with E-state index in [-0.39, 0.29) is 12.8 Å². The van der Waals surface area contributed by atoms with Gasteiger partial charge in [0.05, 0.1) is 21.3 Å². The second kappa shape index (κ2) is 9.15. The monoisotopic (exact) mass is 277 g/mol. The highest BCUT2D eigenvalue weighted by Gasteiger charge is 2.23. The normalized spacial score (nSPS) is 13.1. The zero-order chi connectivity index (χ0) is 14.8. The molecule has 0 spiro atoms. The summed E-state index contributed by atoms with van der Waals surface area (Å²) < 4.78 is 13.2. The number of hydrogen-bond acceptors (Lipinski definition) is 7.